The lowest BCUT2D eigenvalue weighted by atomic mass is 10.1. The Morgan fingerprint density at radius 1 is 1.25 bits per heavy atom. The second kappa shape index (κ2) is 4.80. The highest BCUT2D eigenvalue weighted by Crippen LogP contribution is 2.35. The Labute approximate surface area is 102 Å². The van der Waals surface area contributed by atoms with Gasteiger partial charge in [-0.3, -0.25) is 0 Å². The van der Waals surface area contributed by atoms with Crippen molar-refractivity contribution in [2.24, 2.45) is 5.92 Å². The highest BCUT2D eigenvalue weighted by atomic mass is 32.2. The molecule has 1 aromatic carbocycles. The van der Waals surface area contributed by atoms with Crippen LogP contribution >= 0.6 is 11.8 Å². The molecule has 1 aliphatic carbocycles. The van der Waals surface area contributed by atoms with Crippen molar-refractivity contribution in [2.75, 3.05) is 11.5 Å². The van der Waals surface area contributed by atoms with Gasteiger partial charge in [0.2, 0.25) is 0 Å². The van der Waals surface area contributed by atoms with E-state index >= 15 is 0 Å². The van der Waals surface area contributed by atoms with Gasteiger partial charge in [0.15, 0.2) is 0 Å². The normalized spacial score (nSPS) is 32.9. The summed E-state index contributed by atoms with van der Waals surface area (Å²) in [5, 5.41) is 3.80. The van der Waals surface area contributed by atoms with Crippen LogP contribution in [0.4, 0.5) is 0 Å². The molecule has 2 aliphatic rings. The van der Waals surface area contributed by atoms with Crippen molar-refractivity contribution >= 4 is 11.8 Å². The fraction of sp³-hybridized carbons (Fsp3) is 0.571. The van der Waals surface area contributed by atoms with Gasteiger partial charge in [-0.2, -0.15) is 11.8 Å². The van der Waals surface area contributed by atoms with Gasteiger partial charge >= 0.3 is 0 Å². The highest BCUT2D eigenvalue weighted by molar-refractivity contribution is 7.99. The molecular formula is C14H19NS. The smallest absolute Gasteiger partial charge is 0.0168 e. The van der Waals surface area contributed by atoms with Gasteiger partial charge in [0.1, 0.15) is 0 Å². The van der Waals surface area contributed by atoms with E-state index in [1.54, 1.807) is 0 Å². The van der Waals surface area contributed by atoms with Crippen LogP contribution in [0.2, 0.25) is 0 Å². The molecule has 1 nitrogen and oxygen atoms in total. The first-order valence-electron chi connectivity index (χ1n) is 6.29. The minimum atomic E-state index is 0.802. The van der Waals surface area contributed by atoms with E-state index in [0.717, 1.165) is 18.0 Å². The molecule has 1 aromatic rings. The van der Waals surface area contributed by atoms with Gasteiger partial charge in [-0.15, -0.1) is 0 Å². The summed E-state index contributed by atoms with van der Waals surface area (Å²) in [7, 11) is 0. The van der Waals surface area contributed by atoms with Crippen LogP contribution in [-0.2, 0) is 6.42 Å². The Morgan fingerprint density at radius 2 is 2.12 bits per heavy atom. The van der Waals surface area contributed by atoms with E-state index < -0.39 is 0 Å². The molecule has 0 radical (unpaired) electrons. The summed E-state index contributed by atoms with van der Waals surface area (Å²) in [6, 6.07) is 12.5. The molecule has 1 saturated heterocycles. The highest BCUT2D eigenvalue weighted by Gasteiger charge is 2.38. The maximum Gasteiger partial charge on any atom is 0.0168 e. The molecule has 3 rings (SSSR count). The summed E-state index contributed by atoms with van der Waals surface area (Å²) in [6.45, 7) is 0. The number of nitrogens with one attached hydrogen (secondary N) is 1. The van der Waals surface area contributed by atoms with Crippen LogP contribution in [0.5, 0.6) is 0 Å². The van der Waals surface area contributed by atoms with Gasteiger partial charge in [-0.1, -0.05) is 30.3 Å². The van der Waals surface area contributed by atoms with Crippen LogP contribution in [0, 0.1) is 5.92 Å². The van der Waals surface area contributed by atoms with Gasteiger partial charge in [0.05, 0.1) is 0 Å². The minimum Gasteiger partial charge on any atom is -0.310 e. The molecule has 0 amide bonds. The molecule has 0 spiro atoms. The zero-order chi connectivity index (χ0) is 10.8. The quantitative estimate of drug-likeness (QED) is 0.858. The number of benzene rings is 1. The minimum absolute atomic E-state index is 0.802. The lowest BCUT2D eigenvalue weighted by molar-refractivity contribution is 0.530. The summed E-state index contributed by atoms with van der Waals surface area (Å²) in [5.41, 5.74) is 1.50. The molecule has 2 fully saturated rings. The van der Waals surface area contributed by atoms with Crippen molar-refractivity contribution < 1.29 is 0 Å². The van der Waals surface area contributed by atoms with E-state index in [9.17, 15) is 0 Å². The maximum atomic E-state index is 3.80. The average Bonchev–Trinajstić information content (AvgIpc) is 2.82. The monoisotopic (exact) mass is 233 g/mol. The fourth-order valence-electron chi connectivity index (χ4n) is 2.56. The predicted molar refractivity (Wildman–Crippen MR) is 70.9 cm³/mol. The second-order valence-electron chi connectivity index (χ2n) is 5.02. The van der Waals surface area contributed by atoms with Gasteiger partial charge in [0, 0.05) is 17.8 Å². The first kappa shape index (κ1) is 10.7. The van der Waals surface area contributed by atoms with Crippen molar-refractivity contribution in [3.63, 3.8) is 0 Å². The SMILES string of the molecule is c1ccc(CC2CC2NC2CCSC2)cc1. The van der Waals surface area contributed by atoms with Gasteiger partial charge < -0.3 is 5.32 Å². The Balaban J connectivity index is 1.45. The maximum absolute atomic E-state index is 3.80. The average molecular weight is 233 g/mol. The molecule has 2 heteroatoms. The molecule has 1 aliphatic heterocycles. The standard InChI is InChI=1S/C14H19NS/c1-2-4-11(5-3-1)8-12-9-14(12)15-13-6-7-16-10-13/h1-5,12-15H,6-10H2. The summed E-state index contributed by atoms with van der Waals surface area (Å²) < 4.78 is 0. The summed E-state index contributed by atoms with van der Waals surface area (Å²) in [4.78, 5) is 0. The van der Waals surface area contributed by atoms with E-state index in [1.165, 1.54) is 36.3 Å². The Morgan fingerprint density at radius 3 is 2.88 bits per heavy atom. The van der Waals surface area contributed by atoms with Gasteiger partial charge in [-0.05, 0) is 36.5 Å². The van der Waals surface area contributed by atoms with Crippen molar-refractivity contribution in [2.45, 2.75) is 31.3 Å². The Hall–Kier alpha value is -0.470. The summed E-state index contributed by atoms with van der Waals surface area (Å²) in [6.07, 6.45) is 4.02. The molecule has 16 heavy (non-hydrogen) atoms. The van der Waals surface area contributed by atoms with Crippen LogP contribution in [0.25, 0.3) is 0 Å². The van der Waals surface area contributed by atoms with Crippen LogP contribution in [-0.4, -0.2) is 23.6 Å². The van der Waals surface area contributed by atoms with E-state index in [4.69, 9.17) is 0 Å². The number of thioether (sulfide) groups is 1. The molecule has 3 atom stereocenters. The first-order valence-corrected chi connectivity index (χ1v) is 7.45. The van der Waals surface area contributed by atoms with Gasteiger partial charge in [0.25, 0.3) is 0 Å². The molecule has 3 unspecified atom stereocenters. The molecule has 1 saturated carbocycles. The molecule has 0 bridgehead atoms. The lowest BCUT2D eigenvalue weighted by Crippen LogP contribution is -2.31. The molecule has 1 N–H and O–H groups in total. The van der Waals surface area contributed by atoms with E-state index in [-0.39, 0.29) is 0 Å². The van der Waals surface area contributed by atoms with E-state index in [2.05, 4.69) is 47.4 Å². The van der Waals surface area contributed by atoms with Crippen molar-refractivity contribution in [3.05, 3.63) is 35.9 Å². The third-order valence-corrected chi connectivity index (χ3v) is 4.81. The fourth-order valence-corrected chi connectivity index (χ4v) is 3.73. The number of rotatable bonds is 4. The second-order valence-corrected chi connectivity index (χ2v) is 6.17. The topological polar surface area (TPSA) is 12.0 Å². The molecular weight excluding hydrogens is 214 g/mol. The number of hydrogen-bond acceptors (Lipinski definition) is 2. The third-order valence-electron chi connectivity index (χ3n) is 3.64. The first-order chi connectivity index (χ1) is 7.92. The van der Waals surface area contributed by atoms with Crippen molar-refractivity contribution in [1.29, 1.82) is 0 Å². The van der Waals surface area contributed by atoms with Crippen LogP contribution < -0.4 is 5.32 Å². The zero-order valence-electron chi connectivity index (χ0n) is 9.56. The number of hydrogen-bond donors (Lipinski definition) is 1. The predicted octanol–water partition coefficient (Wildman–Crippen LogP) is 2.71. The van der Waals surface area contributed by atoms with Crippen LogP contribution in [0.3, 0.4) is 0 Å². The van der Waals surface area contributed by atoms with Crippen molar-refractivity contribution in [1.82, 2.24) is 5.32 Å². The van der Waals surface area contributed by atoms with Gasteiger partial charge in [-0.25, -0.2) is 0 Å². The summed E-state index contributed by atoms with van der Waals surface area (Å²) in [5.74, 6) is 3.58. The van der Waals surface area contributed by atoms with Crippen LogP contribution in [0.1, 0.15) is 18.4 Å². The Bertz CT molecular complexity index is 332. The molecule has 0 aromatic heterocycles. The molecule has 1 heterocycles. The Kier molecular flexibility index (Phi) is 3.20. The third kappa shape index (κ3) is 2.61. The lowest BCUT2D eigenvalue weighted by Gasteiger charge is -2.10. The molecule has 86 valence electrons. The zero-order valence-corrected chi connectivity index (χ0v) is 10.4. The van der Waals surface area contributed by atoms with E-state index in [0.29, 0.717) is 0 Å². The van der Waals surface area contributed by atoms with Crippen molar-refractivity contribution in [3.8, 4) is 0 Å². The largest absolute Gasteiger partial charge is 0.310 e. The summed E-state index contributed by atoms with van der Waals surface area (Å²) >= 11 is 2.09. The van der Waals surface area contributed by atoms with Crippen LogP contribution in [0.15, 0.2) is 30.3 Å². The van der Waals surface area contributed by atoms with E-state index in [1.807, 2.05) is 0 Å².